The molecule has 1 amide bonds. The van der Waals surface area contributed by atoms with Crippen LogP contribution in [0, 0.1) is 0 Å². The van der Waals surface area contributed by atoms with E-state index in [9.17, 15) is 13.2 Å². The third-order valence-electron chi connectivity index (χ3n) is 8.13. The number of sulfonamides is 1. The van der Waals surface area contributed by atoms with Gasteiger partial charge in [0.25, 0.3) is 5.91 Å². The first-order valence-electron chi connectivity index (χ1n) is 13.8. The maximum atomic E-state index is 12.1. The molecule has 1 aliphatic carbocycles. The zero-order valence-corrected chi connectivity index (χ0v) is 22.9. The fourth-order valence-corrected chi connectivity index (χ4v) is 7.02. The Morgan fingerprint density at radius 2 is 1.71 bits per heavy atom. The Hall–Kier alpha value is -2.76. The van der Waals surface area contributed by atoms with Crippen LogP contribution in [-0.2, 0) is 10.0 Å². The normalized spacial score (nSPS) is 22.0. The predicted octanol–water partition coefficient (Wildman–Crippen LogP) is 2.96. The van der Waals surface area contributed by atoms with Crippen molar-refractivity contribution in [1.29, 1.82) is 0 Å². The van der Waals surface area contributed by atoms with Gasteiger partial charge in [-0.15, -0.1) is 0 Å². The molecule has 10 nitrogen and oxygen atoms in total. The van der Waals surface area contributed by atoms with E-state index < -0.39 is 15.9 Å². The Morgan fingerprint density at radius 3 is 2.37 bits per heavy atom. The van der Waals surface area contributed by atoms with Gasteiger partial charge in [0, 0.05) is 30.9 Å². The summed E-state index contributed by atoms with van der Waals surface area (Å²) in [5.74, 6) is 0.778. The van der Waals surface area contributed by atoms with Crippen LogP contribution < -0.4 is 20.7 Å². The van der Waals surface area contributed by atoms with Gasteiger partial charge in [0.1, 0.15) is 5.82 Å². The molecule has 3 heterocycles. The maximum absolute atomic E-state index is 12.1. The van der Waals surface area contributed by atoms with Crippen LogP contribution in [0.25, 0.3) is 0 Å². The Morgan fingerprint density at radius 1 is 1.00 bits per heavy atom. The summed E-state index contributed by atoms with van der Waals surface area (Å²) in [5, 5.41) is 3.24. The number of hydrogen-bond donors (Lipinski definition) is 3. The molecule has 1 aromatic heterocycles. The second-order valence-corrected chi connectivity index (χ2v) is 12.7. The van der Waals surface area contributed by atoms with Crippen LogP contribution in [0.1, 0.15) is 73.3 Å². The highest BCUT2D eigenvalue weighted by Gasteiger charge is 2.28. The molecule has 1 aromatic carbocycles. The number of hydrogen-bond acceptors (Lipinski definition) is 8. The van der Waals surface area contributed by atoms with Crippen LogP contribution in [0.5, 0.6) is 0 Å². The van der Waals surface area contributed by atoms with Crippen LogP contribution in [0.4, 0.5) is 17.3 Å². The highest BCUT2D eigenvalue weighted by atomic mass is 32.2. The molecule has 11 heteroatoms. The van der Waals surface area contributed by atoms with Crippen molar-refractivity contribution in [2.45, 2.75) is 69.4 Å². The largest absolute Gasteiger partial charge is 0.364 e. The van der Waals surface area contributed by atoms with Crippen LogP contribution in [0.15, 0.2) is 30.5 Å². The van der Waals surface area contributed by atoms with E-state index in [2.05, 4.69) is 37.0 Å². The van der Waals surface area contributed by atoms with E-state index in [1.165, 1.54) is 69.6 Å². The summed E-state index contributed by atoms with van der Waals surface area (Å²) >= 11 is 0. The molecule has 206 valence electrons. The second-order valence-electron chi connectivity index (χ2n) is 11.0. The van der Waals surface area contributed by atoms with Gasteiger partial charge in [-0.25, -0.2) is 23.1 Å². The lowest BCUT2D eigenvalue weighted by Crippen LogP contribution is -2.47. The first-order chi connectivity index (χ1) is 18.2. The van der Waals surface area contributed by atoms with Crippen molar-refractivity contribution < 1.29 is 13.2 Å². The number of nitrogens with one attached hydrogen (secondary N) is 2. The number of carbonyl (C=O) groups excluding carboxylic acids is 1. The molecule has 1 saturated carbocycles. The fourth-order valence-electron chi connectivity index (χ4n) is 6.23. The summed E-state index contributed by atoms with van der Waals surface area (Å²) in [7, 11) is -3.30. The third kappa shape index (κ3) is 6.62. The van der Waals surface area contributed by atoms with E-state index in [0.717, 1.165) is 31.1 Å². The standard InChI is InChI=1S/C27H39N7O3S/c1-38(36,37)32-22-5-4-14-34(18-22)24-17-29-25(26(28)35)27(31-24)30-21-10-8-19(9-11-21)20-12-15-33(16-13-20)23-6-2-3-7-23/h8-11,17,20,22-23,32H,2-7,12-16,18H2,1H3,(H2,28,35)(H,30,31)/t22-/m0/s1. The molecular formula is C27H39N7O3S. The zero-order valence-electron chi connectivity index (χ0n) is 22.1. The average Bonchev–Trinajstić information content (AvgIpc) is 3.43. The molecule has 0 bridgehead atoms. The van der Waals surface area contributed by atoms with Gasteiger partial charge in [-0.1, -0.05) is 25.0 Å². The van der Waals surface area contributed by atoms with Crippen LogP contribution >= 0.6 is 0 Å². The minimum absolute atomic E-state index is 0.0694. The van der Waals surface area contributed by atoms with E-state index in [0.29, 0.717) is 24.1 Å². The molecule has 3 aliphatic rings. The Balaban J connectivity index is 1.25. The molecule has 1 atom stereocenters. The summed E-state index contributed by atoms with van der Waals surface area (Å²) in [6.45, 7) is 3.55. The van der Waals surface area contributed by atoms with Crippen molar-refractivity contribution >= 4 is 33.3 Å². The number of carbonyl (C=O) groups is 1. The van der Waals surface area contributed by atoms with Crippen molar-refractivity contribution in [3.05, 3.63) is 41.7 Å². The molecule has 3 fully saturated rings. The van der Waals surface area contributed by atoms with Gasteiger partial charge in [-0.3, -0.25) is 4.79 Å². The first-order valence-corrected chi connectivity index (χ1v) is 15.6. The van der Waals surface area contributed by atoms with Gasteiger partial charge in [-0.05, 0) is 75.2 Å². The number of rotatable bonds is 8. The van der Waals surface area contributed by atoms with Crippen LogP contribution in [0.3, 0.4) is 0 Å². The molecule has 2 aromatic rings. The quantitative estimate of drug-likeness (QED) is 0.465. The number of piperidine rings is 2. The molecule has 0 radical (unpaired) electrons. The number of benzene rings is 1. The number of anilines is 3. The van der Waals surface area contributed by atoms with Crippen LogP contribution in [-0.4, -0.2) is 73.7 Å². The molecule has 38 heavy (non-hydrogen) atoms. The molecule has 2 aliphatic heterocycles. The van der Waals surface area contributed by atoms with Crippen molar-refractivity contribution in [2.24, 2.45) is 5.73 Å². The van der Waals surface area contributed by atoms with E-state index in [-0.39, 0.29) is 11.7 Å². The lowest BCUT2D eigenvalue weighted by molar-refractivity contribution is 0.0996. The molecule has 4 N–H and O–H groups in total. The summed E-state index contributed by atoms with van der Waals surface area (Å²) in [5.41, 5.74) is 7.81. The van der Waals surface area contributed by atoms with Crippen molar-refractivity contribution in [2.75, 3.05) is 42.7 Å². The second kappa shape index (κ2) is 11.5. The summed E-state index contributed by atoms with van der Waals surface area (Å²) in [6.07, 6.45) is 12.1. The predicted molar refractivity (Wildman–Crippen MR) is 149 cm³/mol. The number of likely N-dealkylation sites (tertiary alicyclic amines) is 1. The van der Waals surface area contributed by atoms with Gasteiger partial charge in [0.2, 0.25) is 10.0 Å². The van der Waals surface area contributed by atoms with Crippen LogP contribution in [0.2, 0.25) is 0 Å². The number of nitrogens with two attached hydrogens (primary N) is 1. The zero-order chi connectivity index (χ0) is 26.7. The van der Waals surface area contributed by atoms with E-state index >= 15 is 0 Å². The lowest BCUT2D eigenvalue weighted by atomic mass is 9.88. The van der Waals surface area contributed by atoms with E-state index in [4.69, 9.17) is 5.73 Å². The van der Waals surface area contributed by atoms with Crippen molar-refractivity contribution in [3.63, 3.8) is 0 Å². The lowest BCUT2D eigenvalue weighted by Gasteiger charge is -2.36. The Labute approximate surface area is 225 Å². The Kier molecular flexibility index (Phi) is 8.15. The van der Waals surface area contributed by atoms with Gasteiger partial charge in [-0.2, -0.15) is 0 Å². The minimum Gasteiger partial charge on any atom is -0.364 e. The molecule has 2 saturated heterocycles. The fraction of sp³-hybridized carbons (Fsp3) is 0.593. The average molecular weight is 542 g/mol. The highest BCUT2D eigenvalue weighted by molar-refractivity contribution is 7.88. The monoisotopic (exact) mass is 541 g/mol. The number of primary amides is 1. The van der Waals surface area contributed by atoms with E-state index in [1.54, 1.807) is 0 Å². The maximum Gasteiger partial charge on any atom is 0.271 e. The van der Waals surface area contributed by atoms with Crippen molar-refractivity contribution in [3.8, 4) is 0 Å². The summed E-state index contributed by atoms with van der Waals surface area (Å²) in [6, 6.07) is 8.95. The van der Waals surface area contributed by atoms with Crippen molar-refractivity contribution in [1.82, 2.24) is 19.6 Å². The molecule has 5 rings (SSSR count). The number of aromatic nitrogens is 2. The SMILES string of the molecule is CS(=O)(=O)N[C@H]1CCCN(c2cnc(C(N)=O)c(Nc3ccc(C4CCN(C5CCCC5)CC4)cc3)n2)C1. The third-order valence-corrected chi connectivity index (χ3v) is 8.90. The molecule has 0 spiro atoms. The van der Waals surface area contributed by atoms with Gasteiger partial charge < -0.3 is 20.9 Å². The number of nitrogens with zero attached hydrogens (tertiary/aromatic N) is 4. The summed E-state index contributed by atoms with van der Waals surface area (Å²) < 4.78 is 26.1. The van der Waals surface area contributed by atoms with Gasteiger partial charge in [0.15, 0.2) is 11.5 Å². The van der Waals surface area contributed by atoms with Gasteiger partial charge in [0.05, 0.1) is 12.5 Å². The molecular weight excluding hydrogens is 502 g/mol. The van der Waals surface area contributed by atoms with Gasteiger partial charge >= 0.3 is 0 Å². The highest BCUT2D eigenvalue weighted by Crippen LogP contribution is 2.33. The first kappa shape index (κ1) is 26.8. The minimum atomic E-state index is -3.30. The topological polar surface area (TPSA) is 134 Å². The summed E-state index contributed by atoms with van der Waals surface area (Å²) in [4.78, 5) is 25.7. The smallest absolute Gasteiger partial charge is 0.271 e. The Bertz CT molecular complexity index is 1220. The molecule has 0 unspecified atom stereocenters. The number of amides is 1. The van der Waals surface area contributed by atoms with E-state index in [1.807, 2.05) is 17.0 Å².